The lowest BCUT2D eigenvalue weighted by Gasteiger charge is -2.42. The van der Waals surface area contributed by atoms with Gasteiger partial charge < -0.3 is 8.85 Å². The zero-order valence-electron chi connectivity index (χ0n) is 21.7. The van der Waals surface area contributed by atoms with Gasteiger partial charge in [-0.25, -0.2) is 4.79 Å². The van der Waals surface area contributed by atoms with E-state index in [1.54, 1.807) is 0 Å². The molecule has 0 heterocycles. The monoisotopic (exact) mass is 465 g/mol. The van der Waals surface area contributed by atoms with Gasteiger partial charge in [-0.1, -0.05) is 66.7 Å². The normalized spacial score (nSPS) is 13.7. The van der Waals surface area contributed by atoms with Gasteiger partial charge in [0.05, 0.1) is 0 Å². The SMILES string of the molecule is CCC(C)O[Si](C)(C)CCCN(C(=O)O[Si](C(C)C)(C(C)C)C(C)C)c1ccccc1. The molecule has 4 nitrogen and oxygen atoms in total. The molecule has 0 N–H and O–H groups in total. The molecular formula is C25H47NO3Si2. The minimum Gasteiger partial charge on any atom is -0.502 e. The first-order chi connectivity index (χ1) is 14.4. The van der Waals surface area contributed by atoms with E-state index in [9.17, 15) is 4.79 Å². The van der Waals surface area contributed by atoms with Crippen molar-refractivity contribution in [2.24, 2.45) is 0 Å². The molecule has 1 atom stereocenters. The maximum Gasteiger partial charge on any atom is 0.400 e. The van der Waals surface area contributed by atoms with Crippen LogP contribution in [-0.2, 0) is 8.85 Å². The molecule has 1 amide bonds. The van der Waals surface area contributed by atoms with Crippen molar-refractivity contribution in [2.45, 2.75) is 110 Å². The van der Waals surface area contributed by atoms with Gasteiger partial charge in [-0.05, 0) is 67.7 Å². The second-order valence-corrected chi connectivity index (χ2v) is 20.0. The van der Waals surface area contributed by atoms with E-state index in [1.165, 1.54) is 0 Å². The molecule has 0 bridgehead atoms. The van der Waals surface area contributed by atoms with Gasteiger partial charge >= 0.3 is 6.09 Å². The summed E-state index contributed by atoms with van der Waals surface area (Å²) in [5, 5.41) is 0. The fourth-order valence-electron chi connectivity index (χ4n) is 4.84. The van der Waals surface area contributed by atoms with Crippen molar-refractivity contribution in [3.63, 3.8) is 0 Å². The van der Waals surface area contributed by atoms with Crippen molar-refractivity contribution in [1.82, 2.24) is 0 Å². The second kappa shape index (κ2) is 12.2. The quantitative estimate of drug-likeness (QED) is 0.292. The van der Waals surface area contributed by atoms with Crippen LogP contribution in [0.15, 0.2) is 30.3 Å². The summed E-state index contributed by atoms with van der Waals surface area (Å²) in [5.41, 5.74) is 2.01. The smallest absolute Gasteiger partial charge is 0.400 e. The van der Waals surface area contributed by atoms with Gasteiger partial charge in [-0.15, -0.1) is 0 Å². The molecule has 0 radical (unpaired) electrons. The van der Waals surface area contributed by atoms with Crippen LogP contribution in [0.1, 0.15) is 68.2 Å². The van der Waals surface area contributed by atoms with Gasteiger partial charge in [0.25, 0.3) is 8.32 Å². The summed E-state index contributed by atoms with van der Waals surface area (Å²) in [6.45, 7) is 22.8. The first-order valence-electron chi connectivity index (χ1n) is 12.1. The number of amides is 1. The molecule has 0 spiro atoms. The van der Waals surface area contributed by atoms with Crippen molar-refractivity contribution in [1.29, 1.82) is 0 Å². The zero-order chi connectivity index (χ0) is 23.8. The van der Waals surface area contributed by atoms with Crippen LogP contribution >= 0.6 is 0 Å². The third kappa shape index (κ3) is 7.75. The molecule has 1 aromatic rings. The molecule has 0 aliphatic rings. The second-order valence-electron chi connectivity index (χ2n) is 10.4. The van der Waals surface area contributed by atoms with Gasteiger partial charge in [0.15, 0.2) is 8.32 Å². The Morgan fingerprint density at radius 2 is 1.45 bits per heavy atom. The number of hydrogen-bond donors (Lipinski definition) is 0. The number of anilines is 1. The molecule has 1 aromatic carbocycles. The van der Waals surface area contributed by atoms with E-state index in [0.29, 0.717) is 29.3 Å². The summed E-state index contributed by atoms with van der Waals surface area (Å²) in [6.07, 6.45) is 2.06. The number of benzene rings is 1. The van der Waals surface area contributed by atoms with Crippen molar-refractivity contribution in [3.05, 3.63) is 30.3 Å². The van der Waals surface area contributed by atoms with E-state index < -0.39 is 16.6 Å². The summed E-state index contributed by atoms with van der Waals surface area (Å²) in [7, 11) is -4.06. The van der Waals surface area contributed by atoms with Gasteiger partial charge in [0, 0.05) is 18.3 Å². The average Bonchev–Trinajstić information content (AvgIpc) is 2.68. The predicted octanol–water partition coefficient (Wildman–Crippen LogP) is 8.22. The van der Waals surface area contributed by atoms with E-state index in [2.05, 4.69) is 68.5 Å². The molecule has 0 saturated carbocycles. The van der Waals surface area contributed by atoms with Gasteiger partial charge in [-0.3, -0.25) is 4.90 Å². The number of nitrogens with zero attached hydrogens (tertiary/aromatic N) is 1. The molecule has 0 fully saturated rings. The lowest BCUT2D eigenvalue weighted by atomic mass is 10.3. The molecule has 178 valence electrons. The Balaban J connectivity index is 3.05. The Morgan fingerprint density at radius 3 is 1.90 bits per heavy atom. The van der Waals surface area contributed by atoms with Crippen LogP contribution in [0.4, 0.5) is 10.5 Å². The number of carbonyl (C=O) groups excluding carboxylic acids is 1. The van der Waals surface area contributed by atoms with Crippen LogP contribution in [-0.4, -0.2) is 35.4 Å². The highest BCUT2D eigenvalue weighted by Crippen LogP contribution is 2.42. The Hall–Kier alpha value is -1.12. The predicted molar refractivity (Wildman–Crippen MR) is 139 cm³/mol. The third-order valence-electron chi connectivity index (χ3n) is 6.52. The summed E-state index contributed by atoms with van der Waals surface area (Å²) in [5.74, 6) is 0. The first kappa shape index (κ1) is 27.9. The molecule has 0 aliphatic carbocycles. The Kier molecular flexibility index (Phi) is 11.0. The van der Waals surface area contributed by atoms with E-state index in [4.69, 9.17) is 8.85 Å². The third-order valence-corrected chi connectivity index (χ3v) is 15.1. The maximum absolute atomic E-state index is 13.6. The molecule has 31 heavy (non-hydrogen) atoms. The van der Waals surface area contributed by atoms with E-state index in [-0.39, 0.29) is 6.09 Å². The minimum atomic E-state index is -2.30. The number of para-hydroxylation sites is 1. The fourth-order valence-corrected chi connectivity index (χ4v) is 12.3. The topological polar surface area (TPSA) is 38.8 Å². The molecule has 0 saturated heterocycles. The molecule has 0 aromatic heterocycles. The average molecular weight is 466 g/mol. The highest BCUT2D eigenvalue weighted by molar-refractivity contribution is 6.79. The standard InChI is InChI=1S/C25H47NO3Si2/c1-11-23(8)28-30(9,10)19-15-18-26(24-16-13-12-14-17-24)25(27)29-31(20(2)3,21(4)5)22(6)7/h12-14,16-17,20-23H,11,15,18-19H2,1-10H3. The van der Waals surface area contributed by atoms with Crippen LogP contribution in [0.25, 0.3) is 0 Å². The minimum absolute atomic E-state index is 0.184. The zero-order valence-corrected chi connectivity index (χ0v) is 23.7. The maximum atomic E-state index is 13.6. The summed E-state index contributed by atoms with van der Waals surface area (Å²) in [6, 6.07) is 11.0. The highest BCUT2D eigenvalue weighted by atomic mass is 28.4. The van der Waals surface area contributed by atoms with Crippen LogP contribution in [0.5, 0.6) is 0 Å². The molecule has 0 aliphatic heterocycles. The first-order valence-corrected chi connectivity index (χ1v) is 17.4. The van der Waals surface area contributed by atoms with Crippen LogP contribution < -0.4 is 4.90 Å². The summed E-state index contributed by atoms with van der Waals surface area (Å²) < 4.78 is 12.8. The van der Waals surface area contributed by atoms with E-state index in [1.807, 2.05) is 35.2 Å². The number of carbonyl (C=O) groups is 1. The Labute approximate surface area is 194 Å². The van der Waals surface area contributed by atoms with Crippen molar-refractivity contribution >= 4 is 28.4 Å². The summed E-state index contributed by atoms with van der Waals surface area (Å²) in [4.78, 5) is 15.4. The molecule has 1 rings (SSSR count). The van der Waals surface area contributed by atoms with Crippen LogP contribution in [0.2, 0.25) is 35.8 Å². The fraction of sp³-hybridized carbons (Fsp3) is 0.720. The van der Waals surface area contributed by atoms with Crippen LogP contribution in [0, 0.1) is 0 Å². The number of hydrogen-bond acceptors (Lipinski definition) is 3. The Bertz CT molecular complexity index is 640. The van der Waals surface area contributed by atoms with Crippen LogP contribution in [0.3, 0.4) is 0 Å². The largest absolute Gasteiger partial charge is 0.502 e. The van der Waals surface area contributed by atoms with Crippen molar-refractivity contribution in [2.75, 3.05) is 11.4 Å². The van der Waals surface area contributed by atoms with Gasteiger partial charge in [0.1, 0.15) is 0 Å². The molecular weight excluding hydrogens is 418 g/mol. The molecule has 6 heteroatoms. The lowest BCUT2D eigenvalue weighted by molar-refractivity contribution is 0.199. The van der Waals surface area contributed by atoms with E-state index >= 15 is 0 Å². The highest BCUT2D eigenvalue weighted by Gasteiger charge is 2.49. The van der Waals surface area contributed by atoms with Gasteiger partial charge in [-0.2, -0.15) is 0 Å². The molecule has 1 unspecified atom stereocenters. The lowest BCUT2D eigenvalue weighted by Crippen LogP contribution is -2.52. The van der Waals surface area contributed by atoms with E-state index in [0.717, 1.165) is 24.6 Å². The number of rotatable bonds is 12. The Morgan fingerprint density at radius 1 is 0.935 bits per heavy atom. The van der Waals surface area contributed by atoms with Gasteiger partial charge in [0.2, 0.25) is 0 Å². The van der Waals surface area contributed by atoms with Crippen molar-refractivity contribution < 1.29 is 13.6 Å². The van der Waals surface area contributed by atoms with Crippen molar-refractivity contribution in [3.8, 4) is 0 Å². The summed E-state index contributed by atoms with van der Waals surface area (Å²) >= 11 is 0.